The second-order valence-electron chi connectivity index (χ2n) is 3.17. The van der Waals surface area contributed by atoms with Crippen molar-refractivity contribution in [1.29, 1.82) is 0 Å². The molecule has 0 heterocycles. The van der Waals surface area contributed by atoms with Crippen LogP contribution in [0.1, 0.15) is 1.43 Å². The van der Waals surface area contributed by atoms with Gasteiger partial charge in [-0.25, -0.2) is 0 Å². The zero-order valence-corrected chi connectivity index (χ0v) is 11.5. The average Bonchev–Trinajstić information content (AvgIpc) is 2.17. The van der Waals surface area contributed by atoms with Gasteiger partial charge in [0.2, 0.25) is 0 Å². The SMILES string of the molecule is Nc1ccc(S(=O)(=O)O)c2ccccc12.[H-].[Na+]. The van der Waals surface area contributed by atoms with E-state index in [0.717, 1.165) is 0 Å². The second kappa shape index (κ2) is 4.73. The molecular formula is C10H10NNaO3S. The molecule has 0 saturated carbocycles. The molecule has 6 heteroatoms. The predicted molar refractivity (Wildman–Crippen MR) is 59.3 cm³/mol. The molecule has 0 aliphatic carbocycles. The Bertz CT molecular complexity index is 630. The summed E-state index contributed by atoms with van der Waals surface area (Å²) in [7, 11) is -4.20. The van der Waals surface area contributed by atoms with Gasteiger partial charge in [-0.05, 0) is 12.1 Å². The first-order valence-corrected chi connectivity index (χ1v) is 5.69. The fourth-order valence-corrected chi connectivity index (χ4v) is 2.22. The summed E-state index contributed by atoms with van der Waals surface area (Å²) in [6.45, 7) is 0. The van der Waals surface area contributed by atoms with E-state index in [2.05, 4.69) is 0 Å². The molecule has 2 aromatic rings. The van der Waals surface area contributed by atoms with E-state index in [9.17, 15) is 8.42 Å². The van der Waals surface area contributed by atoms with E-state index in [1.54, 1.807) is 24.3 Å². The van der Waals surface area contributed by atoms with Gasteiger partial charge in [0.15, 0.2) is 0 Å². The third kappa shape index (κ3) is 2.39. The van der Waals surface area contributed by atoms with Gasteiger partial charge in [0.05, 0.1) is 0 Å². The van der Waals surface area contributed by atoms with Crippen LogP contribution in [0.15, 0.2) is 41.3 Å². The molecule has 2 rings (SSSR count). The Morgan fingerprint density at radius 2 is 1.62 bits per heavy atom. The van der Waals surface area contributed by atoms with E-state index in [1.165, 1.54) is 12.1 Å². The van der Waals surface area contributed by atoms with Crippen LogP contribution in [0.5, 0.6) is 0 Å². The monoisotopic (exact) mass is 247 g/mol. The Morgan fingerprint density at radius 3 is 2.19 bits per heavy atom. The van der Waals surface area contributed by atoms with Gasteiger partial charge in [-0.15, -0.1) is 0 Å². The third-order valence-electron chi connectivity index (χ3n) is 2.20. The van der Waals surface area contributed by atoms with E-state index < -0.39 is 10.1 Å². The van der Waals surface area contributed by atoms with Gasteiger partial charge in [0, 0.05) is 16.5 Å². The van der Waals surface area contributed by atoms with Crippen LogP contribution in [0, 0.1) is 0 Å². The number of hydrogen-bond donors (Lipinski definition) is 2. The molecule has 0 aliphatic heterocycles. The summed E-state index contributed by atoms with van der Waals surface area (Å²) >= 11 is 0. The van der Waals surface area contributed by atoms with Gasteiger partial charge >= 0.3 is 29.6 Å². The zero-order chi connectivity index (χ0) is 11.1. The normalized spacial score (nSPS) is 11.1. The number of rotatable bonds is 1. The van der Waals surface area contributed by atoms with Gasteiger partial charge < -0.3 is 7.16 Å². The molecule has 0 unspecified atom stereocenters. The van der Waals surface area contributed by atoms with Crippen molar-refractivity contribution in [1.82, 2.24) is 0 Å². The molecule has 2 aromatic carbocycles. The van der Waals surface area contributed by atoms with Gasteiger partial charge in [-0.2, -0.15) is 8.42 Å². The van der Waals surface area contributed by atoms with Gasteiger partial charge in [-0.1, -0.05) is 24.3 Å². The van der Waals surface area contributed by atoms with Crippen molar-refractivity contribution in [3.05, 3.63) is 36.4 Å². The van der Waals surface area contributed by atoms with Crippen molar-refractivity contribution < 1.29 is 44.0 Å². The Morgan fingerprint density at radius 1 is 1.06 bits per heavy atom. The van der Waals surface area contributed by atoms with Crippen LogP contribution in [-0.2, 0) is 10.1 Å². The topological polar surface area (TPSA) is 80.4 Å². The minimum absolute atomic E-state index is 0. The molecular weight excluding hydrogens is 237 g/mol. The standard InChI is InChI=1S/C10H9NO3S.Na.H/c11-9-5-6-10(15(12,13)14)8-4-2-1-3-7(8)9;;/h1-6H,11H2,(H,12,13,14);;/q;+1;-1. The number of hydrogen-bond acceptors (Lipinski definition) is 3. The summed E-state index contributed by atoms with van der Waals surface area (Å²) in [6.07, 6.45) is 0. The van der Waals surface area contributed by atoms with Crippen LogP contribution in [0.2, 0.25) is 0 Å². The summed E-state index contributed by atoms with van der Waals surface area (Å²) in [5, 5.41) is 1.05. The summed E-state index contributed by atoms with van der Waals surface area (Å²) in [4.78, 5) is -0.118. The van der Waals surface area contributed by atoms with Gasteiger partial charge in [0.25, 0.3) is 10.1 Å². The molecule has 0 aliphatic rings. The summed E-state index contributed by atoms with van der Waals surface area (Å²) in [6, 6.07) is 9.52. The van der Waals surface area contributed by atoms with E-state index in [4.69, 9.17) is 10.3 Å². The molecule has 0 saturated heterocycles. The van der Waals surface area contributed by atoms with E-state index >= 15 is 0 Å². The fourth-order valence-electron chi connectivity index (χ4n) is 1.52. The Labute approximate surface area is 117 Å². The first-order valence-electron chi connectivity index (χ1n) is 4.25. The van der Waals surface area contributed by atoms with E-state index in [0.29, 0.717) is 16.5 Å². The number of nitrogen functional groups attached to an aromatic ring is 1. The summed E-state index contributed by atoms with van der Waals surface area (Å²) in [5.74, 6) is 0. The van der Waals surface area contributed by atoms with Crippen LogP contribution >= 0.6 is 0 Å². The van der Waals surface area contributed by atoms with Gasteiger partial charge in [-0.3, -0.25) is 4.55 Å². The number of nitrogens with two attached hydrogens (primary N) is 1. The molecule has 80 valence electrons. The molecule has 0 spiro atoms. The fraction of sp³-hybridized carbons (Fsp3) is 0. The summed E-state index contributed by atoms with van der Waals surface area (Å²) < 4.78 is 31.2. The Kier molecular flexibility index (Phi) is 3.98. The minimum atomic E-state index is -4.20. The molecule has 16 heavy (non-hydrogen) atoms. The van der Waals surface area contributed by atoms with Crippen molar-refractivity contribution in [2.75, 3.05) is 5.73 Å². The second-order valence-corrected chi connectivity index (χ2v) is 4.56. The number of anilines is 1. The molecule has 3 N–H and O–H groups in total. The van der Waals surface area contributed by atoms with Crippen LogP contribution in [0.4, 0.5) is 5.69 Å². The van der Waals surface area contributed by atoms with Crippen molar-refractivity contribution >= 4 is 26.6 Å². The van der Waals surface area contributed by atoms with Crippen molar-refractivity contribution in [2.45, 2.75) is 4.90 Å². The predicted octanol–water partition coefficient (Wildman–Crippen LogP) is -1.21. The number of fused-ring (bicyclic) bond motifs is 1. The van der Waals surface area contributed by atoms with Crippen LogP contribution < -0.4 is 35.3 Å². The first kappa shape index (κ1) is 13.5. The third-order valence-corrected chi connectivity index (χ3v) is 3.11. The Hall–Kier alpha value is -0.590. The summed E-state index contributed by atoms with van der Waals surface area (Å²) in [5.41, 5.74) is 6.18. The maximum absolute atomic E-state index is 11.1. The smallest absolute Gasteiger partial charge is 1.00 e. The molecule has 4 nitrogen and oxygen atoms in total. The van der Waals surface area contributed by atoms with Crippen molar-refractivity contribution in [3.8, 4) is 0 Å². The average molecular weight is 247 g/mol. The van der Waals surface area contributed by atoms with E-state index in [-0.39, 0.29) is 35.9 Å². The molecule has 0 bridgehead atoms. The maximum atomic E-state index is 11.1. The molecule has 0 fully saturated rings. The van der Waals surface area contributed by atoms with Crippen LogP contribution in [0.25, 0.3) is 10.8 Å². The van der Waals surface area contributed by atoms with Crippen molar-refractivity contribution in [2.24, 2.45) is 0 Å². The van der Waals surface area contributed by atoms with Crippen molar-refractivity contribution in [3.63, 3.8) is 0 Å². The first-order chi connectivity index (χ1) is 7.00. The Balaban J connectivity index is 0.00000128. The minimum Gasteiger partial charge on any atom is -1.00 e. The zero-order valence-electron chi connectivity index (χ0n) is 9.71. The van der Waals surface area contributed by atoms with E-state index in [1.807, 2.05) is 0 Å². The number of benzene rings is 2. The molecule has 0 radical (unpaired) electrons. The molecule has 0 amide bonds. The maximum Gasteiger partial charge on any atom is 1.00 e. The molecule has 0 aromatic heterocycles. The van der Waals surface area contributed by atoms with Crippen LogP contribution in [0.3, 0.4) is 0 Å². The van der Waals surface area contributed by atoms with Gasteiger partial charge in [0.1, 0.15) is 4.90 Å². The van der Waals surface area contributed by atoms with Crippen LogP contribution in [-0.4, -0.2) is 13.0 Å². The molecule has 0 atom stereocenters. The largest absolute Gasteiger partial charge is 1.00 e. The quantitative estimate of drug-likeness (QED) is 0.376.